The van der Waals surface area contributed by atoms with E-state index in [1.54, 1.807) is 17.0 Å². The molecule has 0 unspecified atom stereocenters. The molecule has 32 heavy (non-hydrogen) atoms. The van der Waals surface area contributed by atoms with Gasteiger partial charge in [-0.1, -0.05) is 30.3 Å². The van der Waals surface area contributed by atoms with Gasteiger partial charge in [-0.3, -0.25) is 14.2 Å². The van der Waals surface area contributed by atoms with Crippen LogP contribution in [0.4, 0.5) is 19.0 Å². The van der Waals surface area contributed by atoms with Crippen LogP contribution in [-0.2, 0) is 17.9 Å². The van der Waals surface area contributed by atoms with Gasteiger partial charge in [0.25, 0.3) is 5.56 Å². The molecule has 1 aliphatic rings. The number of pyridine rings is 1. The van der Waals surface area contributed by atoms with Gasteiger partial charge in [0.1, 0.15) is 24.2 Å². The molecule has 1 fully saturated rings. The smallest absolute Gasteiger partial charge is 0.350 e. The molecule has 0 radical (unpaired) electrons. The van der Waals surface area contributed by atoms with E-state index < -0.39 is 24.3 Å². The summed E-state index contributed by atoms with van der Waals surface area (Å²) in [5, 5.41) is 2.92. The molecule has 168 valence electrons. The lowest BCUT2D eigenvalue weighted by Gasteiger charge is -2.25. The van der Waals surface area contributed by atoms with Crippen LogP contribution in [-0.4, -0.2) is 39.2 Å². The maximum atomic E-state index is 12.9. The van der Waals surface area contributed by atoms with Gasteiger partial charge in [-0.15, -0.1) is 0 Å². The maximum Gasteiger partial charge on any atom is 0.406 e. The molecule has 0 aliphatic carbocycles. The minimum absolute atomic E-state index is 0.0336. The van der Waals surface area contributed by atoms with Crippen LogP contribution in [0.5, 0.6) is 0 Å². The number of carbonyl (C=O) groups excluding carboxylic acids is 1. The summed E-state index contributed by atoms with van der Waals surface area (Å²) < 4.78 is 39.3. The van der Waals surface area contributed by atoms with Crippen LogP contribution in [0.25, 0.3) is 11.0 Å². The molecule has 10 heteroatoms. The number of hydrogen-bond donors (Lipinski definition) is 1. The SMILES string of the molecule is Cc1nc2ccc(N3CCC[C@@H]3C(=O)NCc3ccccc3)nc2c(=O)n1CC(F)(F)F. The third-order valence-electron chi connectivity index (χ3n) is 5.48. The predicted octanol–water partition coefficient (Wildman–Crippen LogP) is 2.95. The molecular weight excluding hydrogens is 423 g/mol. The summed E-state index contributed by atoms with van der Waals surface area (Å²) in [5.74, 6) is 0.176. The monoisotopic (exact) mass is 445 g/mol. The molecule has 1 amide bonds. The third-order valence-corrected chi connectivity index (χ3v) is 5.48. The van der Waals surface area contributed by atoms with Crippen LogP contribution in [0, 0.1) is 6.92 Å². The largest absolute Gasteiger partial charge is 0.406 e. The van der Waals surface area contributed by atoms with Crippen molar-refractivity contribution < 1.29 is 18.0 Å². The highest BCUT2D eigenvalue weighted by Crippen LogP contribution is 2.25. The summed E-state index contributed by atoms with van der Waals surface area (Å²) in [6, 6.07) is 12.2. The Morgan fingerprint density at radius 3 is 2.62 bits per heavy atom. The number of hydrogen-bond acceptors (Lipinski definition) is 5. The van der Waals surface area contributed by atoms with Gasteiger partial charge in [0.05, 0.1) is 5.52 Å². The fourth-order valence-electron chi connectivity index (χ4n) is 3.94. The van der Waals surface area contributed by atoms with Crippen molar-refractivity contribution in [2.24, 2.45) is 0 Å². The van der Waals surface area contributed by atoms with Gasteiger partial charge in [-0.05, 0) is 37.5 Å². The first-order valence-corrected chi connectivity index (χ1v) is 10.3. The molecule has 1 N–H and O–H groups in total. The van der Waals surface area contributed by atoms with E-state index in [1.807, 2.05) is 30.3 Å². The molecule has 7 nitrogen and oxygen atoms in total. The first-order chi connectivity index (χ1) is 15.2. The molecular formula is C22H22F3N5O2. The highest BCUT2D eigenvalue weighted by Gasteiger charge is 2.33. The predicted molar refractivity (Wildman–Crippen MR) is 113 cm³/mol. The Labute approximate surface area is 181 Å². The van der Waals surface area contributed by atoms with Crippen LogP contribution >= 0.6 is 0 Å². The van der Waals surface area contributed by atoms with Crippen LogP contribution in [0.1, 0.15) is 24.2 Å². The van der Waals surface area contributed by atoms with Crippen LogP contribution in [0.3, 0.4) is 0 Å². The number of nitrogens with one attached hydrogen (secondary N) is 1. The van der Waals surface area contributed by atoms with E-state index in [4.69, 9.17) is 0 Å². The van der Waals surface area contributed by atoms with Crippen LogP contribution in [0.2, 0.25) is 0 Å². The van der Waals surface area contributed by atoms with Gasteiger partial charge in [-0.25, -0.2) is 9.97 Å². The summed E-state index contributed by atoms with van der Waals surface area (Å²) in [4.78, 5) is 35.8. The lowest BCUT2D eigenvalue weighted by molar-refractivity contribution is -0.141. The van der Waals surface area contributed by atoms with Crippen molar-refractivity contribution in [3.8, 4) is 0 Å². The van der Waals surface area contributed by atoms with Gasteiger partial charge in [-0.2, -0.15) is 13.2 Å². The van der Waals surface area contributed by atoms with E-state index in [-0.39, 0.29) is 22.8 Å². The Bertz CT molecular complexity index is 1190. The topological polar surface area (TPSA) is 80.1 Å². The lowest BCUT2D eigenvalue weighted by atomic mass is 10.2. The highest BCUT2D eigenvalue weighted by molar-refractivity contribution is 5.86. The minimum atomic E-state index is -4.56. The zero-order valence-electron chi connectivity index (χ0n) is 17.4. The van der Waals surface area contributed by atoms with Crippen molar-refractivity contribution in [2.45, 2.75) is 45.1 Å². The average molecular weight is 445 g/mol. The van der Waals surface area contributed by atoms with E-state index in [1.165, 1.54) is 6.92 Å². The Balaban J connectivity index is 1.60. The number of fused-ring (bicyclic) bond motifs is 1. The minimum Gasteiger partial charge on any atom is -0.350 e. The zero-order chi connectivity index (χ0) is 22.9. The molecule has 1 saturated heterocycles. The maximum absolute atomic E-state index is 12.9. The van der Waals surface area contributed by atoms with Gasteiger partial charge in [0.15, 0.2) is 5.52 Å². The van der Waals surface area contributed by atoms with E-state index in [2.05, 4.69) is 15.3 Å². The summed E-state index contributed by atoms with van der Waals surface area (Å²) >= 11 is 0. The average Bonchev–Trinajstić information content (AvgIpc) is 3.25. The van der Waals surface area contributed by atoms with Gasteiger partial charge in [0.2, 0.25) is 5.91 Å². The number of carbonyl (C=O) groups is 1. The molecule has 0 bridgehead atoms. The first kappa shape index (κ1) is 21.8. The molecule has 0 saturated carbocycles. The number of alkyl halides is 3. The summed E-state index contributed by atoms with van der Waals surface area (Å²) in [7, 11) is 0. The highest BCUT2D eigenvalue weighted by atomic mass is 19.4. The van der Waals surface area contributed by atoms with Crippen molar-refractivity contribution in [3.05, 3.63) is 64.2 Å². The standard InChI is InChI=1S/C22H22F3N5O2/c1-14-27-16-9-10-18(28-19(16)21(32)30(14)13-22(23,24)25)29-11-5-8-17(29)20(31)26-12-15-6-3-2-4-7-15/h2-4,6-7,9-10,17H,5,8,11-13H2,1H3,(H,26,31)/t17-/m1/s1. The Kier molecular flexibility index (Phi) is 5.86. The number of halogens is 3. The number of anilines is 1. The van der Waals surface area contributed by atoms with Gasteiger partial charge >= 0.3 is 6.18 Å². The summed E-state index contributed by atoms with van der Waals surface area (Å²) in [6.45, 7) is 0.868. The van der Waals surface area contributed by atoms with Crippen molar-refractivity contribution >= 4 is 22.8 Å². The quantitative estimate of drug-likeness (QED) is 0.653. The molecule has 4 rings (SSSR count). The number of aryl methyl sites for hydroxylation is 1. The normalized spacial score (nSPS) is 16.5. The molecule has 0 spiro atoms. The number of aromatic nitrogens is 3. The molecule has 3 heterocycles. The second-order valence-electron chi connectivity index (χ2n) is 7.76. The third kappa shape index (κ3) is 4.58. The van der Waals surface area contributed by atoms with Crippen LogP contribution < -0.4 is 15.8 Å². The number of nitrogens with zero attached hydrogens (tertiary/aromatic N) is 4. The Hall–Kier alpha value is -3.43. The number of rotatable bonds is 5. The Morgan fingerprint density at radius 2 is 1.91 bits per heavy atom. The summed E-state index contributed by atoms with van der Waals surface area (Å²) in [5.41, 5.74) is 0.198. The zero-order valence-corrected chi connectivity index (χ0v) is 17.4. The lowest BCUT2D eigenvalue weighted by Crippen LogP contribution is -2.43. The fraction of sp³-hybridized carbons (Fsp3) is 0.364. The number of amides is 1. The van der Waals surface area contributed by atoms with Gasteiger partial charge < -0.3 is 10.2 Å². The molecule has 3 aromatic rings. The second kappa shape index (κ2) is 8.60. The van der Waals surface area contributed by atoms with Crippen molar-refractivity contribution in [1.29, 1.82) is 0 Å². The Morgan fingerprint density at radius 1 is 1.16 bits per heavy atom. The van der Waals surface area contributed by atoms with E-state index in [0.717, 1.165) is 12.0 Å². The first-order valence-electron chi connectivity index (χ1n) is 10.3. The van der Waals surface area contributed by atoms with E-state index >= 15 is 0 Å². The van der Waals surface area contributed by atoms with Gasteiger partial charge in [0, 0.05) is 13.1 Å². The fourth-order valence-corrected chi connectivity index (χ4v) is 3.94. The van der Waals surface area contributed by atoms with Crippen molar-refractivity contribution in [3.63, 3.8) is 0 Å². The molecule has 1 aliphatic heterocycles. The van der Waals surface area contributed by atoms with E-state index in [0.29, 0.717) is 29.9 Å². The molecule has 2 aromatic heterocycles. The second-order valence-corrected chi connectivity index (χ2v) is 7.76. The summed E-state index contributed by atoms with van der Waals surface area (Å²) in [6.07, 6.45) is -3.18. The molecule has 1 atom stereocenters. The van der Waals surface area contributed by atoms with Crippen molar-refractivity contribution in [2.75, 3.05) is 11.4 Å². The van der Waals surface area contributed by atoms with Crippen LogP contribution in [0.15, 0.2) is 47.3 Å². The van der Waals surface area contributed by atoms with E-state index in [9.17, 15) is 22.8 Å². The molecule has 1 aromatic carbocycles. The number of benzene rings is 1. The van der Waals surface area contributed by atoms with Crippen molar-refractivity contribution in [1.82, 2.24) is 19.9 Å².